The lowest BCUT2D eigenvalue weighted by atomic mass is 10.1. The van der Waals surface area contributed by atoms with E-state index < -0.39 is 5.97 Å². The zero-order chi connectivity index (χ0) is 15.3. The number of benzene rings is 1. The van der Waals surface area contributed by atoms with Crippen LogP contribution in [0.3, 0.4) is 0 Å². The number of hydrogen-bond acceptors (Lipinski definition) is 5. The number of fused-ring (bicyclic) bond motifs is 1. The maximum absolute atomic E-state index is 12.1. The second-order valence-electron chi connectivity index (χ2n) is 4.99. The van der Waals surface area contributed by atoms with Gasteiger partial charge in [0, 0.05) is 12.1 Å². The number of carboxylic acid groups (broad SMARTS) is 1. The number of amides is 2. The smallest absolute Gasteiger partial charge is 0.337 e. The van der Waals surface area contributed by atoms with Gasteiger partial charge >= 0.3 is 5.97 Å². The number of carbonyl (C=O) groups excluding carboxylic acids is 2. The topological polar surface area (TPSA) is 93.1 Å². The Balaban J connectivity index is 2.14. The minimum atomic E-state index is -1.24. The number of carboxylic acids is 1. The van der Waals surface area contributed by atoms with E-state index in [1.54, 1.807) is 0 Å². The van der Waals surface area contributed by atoms with Crippen LogP contribution in [0, 0.1) is 11.8 Å². The number of rotatable bonds is 4. The Hall–Kier alpha value is -2.57. The van der Waals surface area contributed by atoms with Crippen LogP contribution >= 0.6 is 0 Å². The molecule has 1 saturated carbocycles. The zero-order valence-electron chi connectivity index (χ0n) is 11.5. The van der Waals surface area contributed by atoms with E-state index in [0.717, 1.165) is 4.90 Å². The molecule has 0 aromatic heterocycles. The van der Waals surface area contributed by atoms with Crippen LogP contribution in [0.15, 0.2) is 12.1 Å². The summed E-state index contributed by atoms with van der Waals surface area (Å²) in [6.07, 6.45) is 0.559. The number of hydrogen-bond donors (Lipinski definition) is 1. The van der Waals surface area contributed by atoms with Crippen LogP contribution < -0.4 is 14.4 Å². The molecule has 2 amide bonds. The Kier molecular flexibility index (Phi) is 2.86. The second kappa shape index (κ2) is 4.47. The maximum Gasteiger partial charge on any atom is 0.337 e. The third-order valence-electron chi connectivity index (χ3n) is 3.84. The lowest BCUT2D eigenvalue weighted by Gasteiger charge is -2.20. The van der Waals surface area contributed by atoms with Crippen molar-refractivity contribution in [2.75, 3.05) is 19.1 Å². The first-order chi connectivity index (χ1) is 9.99. The van der Waals surface area contributed by atoms with Crippen LogP contribution in [-0.4, -0.2) is 37.1 Å². The molecule has 2 unspecified atom stereocenters. The Labute approximate surface area is 120 Å². The van der Waals surface area contributed by atoms with Crippen molar-refractivity contribution < 1.29 is 29.0 Å². The SMILES string of the molecule is COc1cc(C(=O)O)c(N2C(=O)C3CC3C2=O)cc1OC. The summed E-state index contributed by atoms with van der Waals surface area (Å²) in [6, 6.07) is 2.60. The van der Waals surface area contributed by atoms with E-state index in [2.05, 4.69) is 0 Å². The Morgan fingerprint density at radius 2 is 1.67 bits per heavy atom. The van der Waals surface area contributed by atoms with Crippen molar-refractivity contribution >= 4 is 23.5 Å². The quantitative estimate of drug-likeness (QED) is 0.829. The van der Waals surface area contributed by atoms with Crippen molar-refractivity contribution in [2.45, 2.75) is 6.42 Å². The highest BCUT2D eigenvalue weighted by Crippen LogP contribution is 2.49. The van der Waals surface area contributed by atoms with Gasteiger partial charge in [-0.05, 0) is 6.42 Å². The number of nitrogens with zero attached hydrogens (tertiary/aromatic N) is 1. The van der Waals surface area contributed by atoms with E-state index in [-0.39, 0.29) is 46.4 Å². The normalized spacial score (nSPS) is 23.0. The molecule has 110 valence electrons. The molecular formula is C14H13NO6. The number of carbonyl (C=O) groups is 3. The van der Waals surface area contributed by atoms with Gasteiger partial charge in [0.1, 0.15) is 0 Å². The number of ether oxygens (including phenoxy) is 2. The minimum absolute atomic E-state index is 0.0300. The summed E-state index contributed by atoms with van der Waals surface area (Å²) < 4.78 is 10.2. The van der Waals surface area contributed by atoms with E-state index in [0.29, 0.717) is 6.42 Å². The van der Waals surface area contributed by atoms with Crippen LogP contribution in [0.4, 0.5) is 5.69 Å². The Bertz CT molecular complexity index is 648. The highest BCUT2D eigenvalue weighted by atomic mass is 16.5. The van der Waals surface area contributed by atoms with Gasteiger partial charge in [0.05, 0.1) is 37.3 Å². The average Bonchev–Trinajstić information content (AvgIpc) is 3.22. The monoisotopic (exact) mass is 291 g/mol. The van der Waals surface area contributed by atoms with E-state index >= 15 is 0 Å². The summed E-state index contributed by atoms with van der Waals surface area (Å²) in [5, 5.41) is 9.31. The third-order valence-corrected chi connectivity index (χ3v) is 3.84. The standard InChI is InChI=1S/C14H13NO6/c1-20-10-4-8(14(18)19)9(5-11(10)21-2)15-12(16)6-3-7(6)13(15)17/h4-7H,3H2,1-2H3,(H,18,19). The van der Waals surface area contributed by atoms with Crippen LogP contribution in [0.5, 0.6) is 11.5 Å². The van der Waals surface area contributed by atoms with Crippen molar-refractivity contribution in [1.82, 2.24) is 0 Å². The first-order valence-electron chi connectivity index (χ1n) is 6.36. The Morgan fingerprint density at radius 3 is 2.14 bits per heavy atom. The van der Waals surface area contributed by atoms with Gasteiger partial charge in [0.15, 0.2) is 11.5 Å². The van der Waals surface area contributed by atoms with Crippen LogP contribution in [0.1, 0.15) is 16.8 Å². The van der Waals surface area contributed by atoms with E-state index in [1.165, 1.54) is 26.4 Å². The lowest BCUT2D eigenvalue weighted by molar-refractivity contribution is -0.123. The molecule has 1 heterocycles. The molecule has 0 bridgehead atoms. The predicted octanol–water partition coefficient (Wildman–Crippen LogP) is 0.911. The molecular weight excluding hydrogens is 278 g/mol. The van der Waals surface area contributed by atoms with Crippen molar-refractivity contribution in [3.8, 4) is 11.5 Å². The van der Waals surface area contributed by atoms with E-state index in [4.69, 9.17) is 9.47 Å². The van der Waals surface area contributed by atoms with Crippen LogP contribution in [0.25, 0.3) is 0 Å². The molecule has 2 aliphatic rings. The van der Waals surface area contributed by atoms with Gasteiger partial charge in [-0.25, -0.2) is 9.69 Å². The predicted molar refractivity (Wildman–Crippen MR) is 70.6 cm³/mol. The van der Waals surface area contributed by atoms with Crippen molar-refractivity contribution in [2.24, 2.45) is 11.8 Å². The lowest BCUT2D eigenvalue weighted by Crippen LogP contribution is -2.34. The summed E-state index contributed by atoms with van der Waals surface area (Å²) in [5.74, 6) is -2.05. The molecule has 1 N–H and O–H groups in total. The average molecular weight is 291 g/mol. The molecule has 2 atom stereocenters. The molecule has 1 aromatic rings. The molecule has 21 heavy (non-hydrogen) atoms. The van der Waals surface area contributed by atoms with Gasteiger partial charge in [-0.1, -0.05) is 0 Å². The first-order valence-corrected chi connectivity index (χ1v) is 6.36. The minimum Gasteiger partial charge on any atom is -0.493 e. The van der Waals surface area contributed by atoms with E-state index in [9.17, 15) is 19.5 Å². The highest BCUT2D eigenvalue weighted by Gasteiger charge is 2.59. The largest absolute Gasteiger partial charge is 0.493 e. The molecule has 3 rings (SSSR count). The summed E-state index contributed by atoms with van der Waals surface area (Å²) in [6.45, 7) is 0. The number of piperidine rings is 1. The summed E-state index contributed by atoms with van der Waals surface area (Å²) >= 11 is 0. The number of anilines is 1. The summed E-state index contributed by atoms with van der Waals surface area (Å²) in [5.41, 5.74) is -0.141. The van der Waals surface area contributed by atoms with Crippen LogP contribution in [-0.2, 0) is 9.59 Å². The van der Waals surface area contributed by atoms with Gasteiger partial charge in [0.2, 0.25) is 11.8 Å². The van der Waals surface area contributed by atoms with Gasteiger partial charge in [-0.15, -0.1) is 0 Å². The molecule has 0 spiro atoms. The van der Waals surface area contributed by atoms with E-state index in [1.807, 2.05) is 0 Å². The second-order valence-corrected chi connectivity index (χ2v) is 4.99. The molecule has 1 aliphatic carbocycles. The molecule has 1 aliphatic heterocycles. The molecule has 1 aromatic carbocycles. The van der Waals surface area contributed by atoms with Crippen molar-refractivity contribution in [1.29, 1.82) is 0 Å². The summed E-state index contributed by atoms with van der Waals surface area (Å²) in [7, 11) is 2.78. The fourth-order valence-electron chi connectivity index (χ4n) is 2.64. The molecule has 0 radical (unpaired) electrons. The molecule has 7 nitrogen and oxygen atoms in total. The fraction of sp³-hybridized carbons (Fsp3) is 0.357. The first kappa shape index (κ1) is 13.4. The van der Waals surface area contributed by atoms with Gasteiger partial charge in [0.25, 0.3) is 0 Å². The Morgan fingerprint density at radius 1 is 1.14 bits per heavy atom. The van der Waals surface area contributed by atoms with Crippen LogP contribution in [0.2, 0.25) is 0 Å². The summed E-state index contributed by atoms with van der Waals surface area (Å²) in [4.78, 5) is 36.6. The molecule has 1 saturated heterocycles. The third kappa shape index (κ3) is 1.84. The molecule has 2 fully saturated rings. The number of imide groups is 1. The van der Waals surface area contributed by atoms with Crippen molar-refractivity contribution in [3.05, 3.63) is 17.7 Å². The number of methoxy groups -OCH3 is 2. The zero-order valence-corrected chi connectivity index (χ0v) is 11.5. The number of aromatic carboxylic acids is 1. The highest BCUT2D eigenvalue weighted by molar-refractivity contribution is 6.26. The van der Waals surface area contributed by atoms with Crippen molar-refractivity contribution in [3.63, 3.8) is 0 Å². The van der Waals surface area contributed by atoms with Gasteiger partial charge in [-0.2, -0.15) is 0 Å². The fourth-order valence-corrected chi connectivity index (χ4v) is 2.64. The van der Waals surface area contributed by atoms with Gasteiger partial charge in [-0.3, -0.25) is 9.59 Å². The maximum atomic E-state index is 12.1. The molecule has 7 heteroatoms. The van der Waals surface area contributed by atoms with Gasteiger partial charge < -0.3 is 14.6 Å².